The minimum atomic E-state index is -4.56. The Kier molecular flexibility index (Phi) is 6.84. The Balaban J connectivity index is 1.54. The Morgan fingerprint density at radius 2 is 1.81 bits per heavy atom. The van der Waals surface area contributed by atoms with Gasteiger partial charge >= 0.3 is 12.1 Å². The highest BCUT2D eigenvalue weighted by atomic mass is 32.1. The van der Waals surface area contributed by atoms with Crippen LogP contribution in [-0.4, -0.2) is 57.7 Å². The number of hydrogen-bond acceptors (Lipinski definition) is 7. The Morgan fingerprint density at radius 1 is 1.16 bits per heavy atom. The molecule has 2 aliphatic heterocycles. The van der Waals surface area contributed by atoms with Gasteiger partial charge in [-0.15, -0.1) is 11.3 Å². The molecule has 13 heteroatoms. The normalized spacial score (nSPS) is 22.0. The van der Waals surface area contributed by atoms with Crippen LogP contribution in [0.2, 0.25) is 0 Å². The summed E-state index contributed by atoms with van der Waals surface area (Å²) in [5.41, 5.74) is -0.910. The fourth-order valence-corrected chi connectivity index (χ4v) is 6.25. The van der Waals surface area contributed by atoms with E-state index in [-0.39, 0.29) is 45.7 Å². The number of halogens is 5. The molecule has 3 aliphatic rings. The number of hydrogen-bond donors (Lipinski definition) is 1. The van der Waals surface area contributed by atoms with Crippen molar-refractivity contribution in [3.8, 4) is 10.4 Å². The standard InChI is InChI=1S/C24H25F5N4O3S/c1-2-36-23(35)21-32-17(22(34)33-12-5-6-13(33)8-7-12)18(37-21)15-10-30-16(9-14(15)20(25)26)31-19(11-3-4-11)24(27,28)29/h9-13,19-20H,2-8H2,1H3,(H,30,31)/t12-,13-,19-/m0/s1. The predicted octanol–water partition coefficient (Wildman–Crippen LogP) is 5.84. The van der Waals surface area contributed by atoms with Crippen LogP contribution in [0.15, 0.2) is 12.3 Å². The first-order chi connectivity index (χ1) is 17.6. The maximum atomic E-state index is 14.2. The largest absolute Gasteiger partial charge is 0.461 e. The predicted molar refractivity (Wildman–Crippen MR) is 125 cm³/mol. The van der Waals surface area contributed by atoms with Gasteiger partial charge in [-0.3, -0.25) is 4.79 Å². The highest BCUT2D eigenvalue weighted by molar-refractivity contribution is 7.17. The van der Waals surface area contributed by atoms with Crippen LogP contribution in [0.1, 0.15) is 77.7 Å². The van der Waals surface area contributed by atoms with Crippen molar-refractivity contribution in [2.75, 3.05) is 11.9 Å². The van der Waals surface area contributed by atoms with Crippen molar-refractivity contribution in [3.05, 3.63) is 28.5 Å². The summed E-state index contributed by atoms with van der Waals surface area (Å²) in [5, 5.41) is 2.10. The fourth-order valence-electron chi connectivity index (χ4n) is 5.27. The molecule has 1 N–H and O–H groups in total. The number of carbonyl (C=O) groups is 2. The van der Waals surface area contributed by atoms with Crippen LogP contribution >= 0.6 is 11.3 Å². The van der Waals surface area contributed by atoms with Gasteiger partial charge in [0.1, 0.15) is 17.6 Å². The maximum absolute atomic E-state index is 14.2. The van der Waals surface area contributed by atoms with Crippen molar-refractivity contribution in [2.45, 2.75) is 76.2 Å². The van der Waals surface area contributed by atoms with E-state index in [1.54, 1.807) is 11.8 Å². The second-order valence-electron chi connectivity index (χ2n) is 9.55. The number of thiazole rings is 1. The third-order valence-electron chi connectivity index (χ3n) is 7.13. The molecule has 200 valence electrons. The topological polar surface area (TPSA) is 84.4 Å². The summed E-state index contributed by atoms with van der Waals surface area (Å²) in [7, 11) is 0. The quantitative estimate of drug-likeness (QED) is 0.332. The fraction of sp³-hybridized carbons (Fsp3) is 0.583. The van der Waals surface area contributed by atoms with E-state index >= 15 is 0 Å². The number of ether oxygens (including phenoxy) is 1. The Morgan fingerprint density at radius 3 is 2.35 bits per heavy atom. The number of carbonyl (C=O) groups excluding carboxylic acids is 2. The van der Waals surface area contributed by atoms with Gasteiger partial charge in [0.25, 0.3) is 12.3 Å². The lowest BCUT2D eigenvalue weighted by Gasteiger charge is -2.23. The third-order valence-corrected chi connectivity index (χ3v) is 8.20. The van der Waals surface area contributed by atoms with E-state index in [1.807, 2.05) is 0 Å². The first-order valence-corrected chi connectivity index (χ1v) is 13.0. The molecule has 1 saturated carbocycles. The van der Waals surface area contributed by atoms with E-state index in [1.165, 1.54) is 0 Å². The molecule has 1 aliphatic carbocycles. The van der Waals surface area contributed by atoms with Crippen molar-refractivity contribution in [1.29, 1.82) is 0 Å². The van der Waals surface area contributed by atoms with E-state index in [0.29, 0.717) is 12.8 Å². The zero-order chi connectivity index (χ0) is 26.5. The summed E-state index contributed by atoms with van der Waals surface area (Å²) in [5.74, 6) is -2.22. The van der Waals surface area contributed by atoms with Gasteiger partial charge in [0.15, 0.2) is 0 Å². The van der Waals surface area contributed by atoms with Gasteiger partial charge in [-0.1, -0.05) is 0 Å². The summed E-state index contributed by atoms with van der Waals surface area (Å²) in [6.07, 6.45) is -2.49. The van der Waals surface area contributed by atoms with Crippen molar-refractivity contribution >= 4 is 29.0 Å². The van der Waals surface area contributed by atoms with Gasteiger partial charge in [0.2, 0.25) is 5.01 Å². The molecule has 0 radical (unpaired) electrons. The van der Waals surface area contributed by atoms with Crippen molar-refractivity contribution in [2.24, 2.45) is 5.92 Å². The number of fused-ring (bicyclic) bond motifs is 2. The molecule has 2 saturated heterocycles. The molecule has 1 amide bonds. The lowest BCUT2D eigenvalue weighted by Crippen LogP contribution is -2.38. The lowest BCUT2D eigenvalue weighted by molar-refractivity contribution is -0.146. The molecular weight excluding hydrogens is 519 g/mol. The number of esters is 1. The molecule has 7 nitrogen and oxygen atoms in total. The minimum absolute atomic E-state index is 0.0169. The average Bonchev–Trinajstić information content (AvgIpc) is 3.28. The molecule has 0 aromatic carbocycles. The lowest BCUT2D eigenvalue weighted by atomic mass is 10.0. The molecule has 0 unspecified atom stereocenters. The molecule has 0 spiro atoms. The van der Waals surface area contributed by atoms with Crippen LogP contribution in [-0.2, 0) is 4.74 Å². The molecule has 4 heterocycles. The molecular formula is C24H25F5N4O3S. The zero-order valence-corrected chi connectivity index (χ0v) is 20.7. The Bertz CT molecular complexity index is 1180. The van der Waals surface area contributed by atoms with Gasteiger partial charge in [0, 0.05) is 29.4 Å². The van der Waals surface area contributed by atoms with Crippen LogP contribution < -0.4 is 5.32 Å². The van der Waals surface area contributed by atoms with Gasteiger partial charge in [-0.05, 0) is 57.4 Å². The minimum Gasteiger partial charge on any atom is -0.461 e. The summed E-state index contributed by atoms with van der Waals surface area (Å²) in [6.45, 7) is 1.65. The van der Waals surface area contributed by atoms with E-state index in [0.717, 1.165) is 49.3 Å². The highest BCUT2D eigenvalue weighted by Gasteiger charge is 2.49. The number of rotatable bonds is 8. The van der Waals surface area contributed by atoms with Gasteiger partial charge < -0.3 is 15.0 Å². The molecule has 2 bridgehead atoms. The second-order valence-corrected chi connectivity index (χ2v) is 10.5. The van der Waals surface area contributed by atoms with Crippen molar-refractivity contribution < 1.29 is 36.3 Å². The number of nitrogens with one attached hydrogen (secondary N) is 1. The molecule has 2 aromatic rings. The second kappa shape index (κ2) is 9.80. The van der Waals surface area contributed by atoms with Crippen molar-refractivity contribution in [3.63, 3.8) is 0 Å². The zero-order valence-electron chi connectivity index (χ0n) is 19.9. The maximum Gasteiger partial charge on any atom is 0.408 e. The first-order valence-electron chi connectivity index (χ1n) is 12.2. The Hall–Kier alpha value is -2.83. The summed E-state index contributed by atoms with van der Waals surface area (Å²) < 4.78 is 73.8. The van der Waals surface area contributed by atoms with Crippen molar-refractivity contribution in [1.82, 2.24) is 14.9 Å². The van der Waals surface area contributed by atoms with Gasteiger partial charge in [0.05, 0.1) is 11.5 Å². The number of aromatic nitrogens is 2. The van der Waals surface area contributed by atoms with E-state index in [2.05, 4.69) is 15.3 Å². The molecule has 3 fully saturated rings. The summed E-state index contributed by atoms with van der Waals surface area (Å²) in [4.78, 5) is 35.9. The van der Waals surface area contributed by atoms with Gasteiger partial charge in [-0.25, -0.2) is 23.5 Å². The average molecular weight is 545 g/mol. The molecule has 37 heavy (non-hydrogen) atoms. The van der Waals surface area contributed by atoms with Crippen LogP contribution in [0.5, 0.6) is 0 Å². The smallest absolute Gasteiger partial charge is 0.408 e. The van der Waals surface area contributed by atoms with Crippen LogP contribution in [0, 0.1) is 5.92 Å². The number of pyridine rings is 1. The van der Waals surface area contributed by atoms with Crippen LogP contribution in [0.25, 0.3) is 10.4 Å². The molecule has 2 aromatic heterocycles. The summed E-state index contributed by atoms with van der Waals surface area (Å²) >= 11 is 0.734. The SMILES string of the molecule is CCOC(=O)c1nc(C(=O)N2[C@H]3CC[C@H]2CC3)c(-c2cnc(N[C@@H](C3CC3)C(F)(F)F)cc2C(F)F)s1. The summed E-state index contributed by atoms with van der Waals surface area (Å²) in [6, 6.07) is -0.963. The first kappa shape index (κ1) is 25.8. The third kappa shape index (κ3) is 5.01. The Labute approximate surface area is 213 Å². The molecule has 5 rings (SSSR count). The van der Waals surface area contributed by atoms with E-state index in [4.69, 9.17) is 4.74 Å². The van der Waals surface area contributed by atoms with E-state index in [9.17, 15) is 31.5 Å². The highest BCUT2D eigenvalue weighted by Crippen LogP contribution is 2.44. The molecule has 1 atom stereocenters. The number of nitrogens with zero attached hydrogens (tertiary/aromatic N) is 3. The number of alkyl halides is 5. The van der Waals surface area contributed by atoms with Crippen LogP contribution in [0.4, 0.5) is 27.8 Å². The van der Waals surface area contributed by atoms with E-state index < -0.39 is 42.0 Å². The van der Waals surface area contributed by atoms with Crippen LogP contribution in [0.3, 0.4) is 0 Å². The monoisotopic (exact) mass is 544 g/mol. The number of amides is 1. The van der Waals surface area contributed by atoms with Gasteiger partial charge in [-0.2, -0.15) is 13.2 Å². The number of anilines is 1.